The first-order valence-corrected chi connectivity index (χ1v) is 8.50. The molecule has 0 saturated heterocycles. The summed E-state index contributed by atoms with van der Waals surface area (Å²) in [6.07, 6.45) is 3.42. The molecule has 2 rings (SSSR count). The number of hydrogen-bond donors (Lipinski definition) is 1. The third-order valence-electron chi connectivity index (χ3n) is 3.34. The van der Waals surface area contributed by atoms with E-state index in [0.29, 0.717) is 6.54 Å². The van der Waals surface area contributed by atoms with E-state index in [9.17, 15) is 13.2 Å². The van der Waals surface area contributed by atoms with E-state index in [1.165, 1.54) is 18.3 Å². The lowest BCUT2D eigenvalue weighted by Crippen LogP contribution is -2.26. The van der Waals surface area contributed by atoms with Gasteiger partial charge in [-0.1, -0.05) is 12.1 Å². The fraction of sp³-hybridized carbons (Fsp3) is 0.333. The van der Waals surface area contributed by atoms with Crippen molar-refractivity contribution >= 4 is 15.9 Å². The molecule has 1 heterocycles. The Balaban J connectivity index is 2.10. The minimum absolute atomic E-state index is 0.127. The average Bonchev–Trinajstić information content (AvgIpc) is 2.90. The zero-order chi connectivity index (χ0) is 17.0. The molecule has 0 unspecified atom stereocenters. The quantitative estimate of drug-likeness (QED) is 0.848. The van der Waals surface area contributed by atoms with Crippen LogP contribution >= 0.6 is 0 Å². The predicted molar refractivity (Wildman–Crippen MR) is 85.8 cm³/mol. The topological polar surface area (TPSA) is 84.3 Å². The third-order valence-corrected chi connectivity index (χ3v) is 5.15. The van der Waals surface area contributed by atoms with E-state index in [-0.39, 0.29) is 17.3 Å². The van der Waals surface area contributed by atoms with E-state index in [1.54, 1.807) is 48.4 Å². The molecule has 0 saturated carbocycles. The van der Waals surface area contributed by atoms with Gasteiger partial charge in [0.2, 0.25) is 15.9 Å². The van der Waals surface area contributed by atoms with E-state index in [4.69, 9.17) is 0 Å². The zero-order valence-electron chi connectivity index (χ0n) is 13.4. The predicted octanol–water partition coefficient (Wildman–Crippen LogP) is 0.877. The lowest BCUT2D eigenvalue weighted by atomic mass is 10.2. The molecular weight excluding hydrogens is 316 g/mol. The number of aromatic nitrogens is 2. The lowest BCUT2D eigenvalue weighted by molar-refractivity contribution is -0.119. The van der Waals surface area contributed by atoms with Gasteiger partial charge in [0.05, 0.1) is 11.1 Å². The second kappa shape index (κ2) is 6.93. The molecule has 2 aromatic rings. The molecule has 8 heteroatoms. The second-order valence-electron chi connectivity index (χ2n) is 5.34. The maximum absolute atomic E-state index is 12.5. The number of hydrogen-bond acceptors (Lipinski definition) is 4. The van der Waals surface area contributed by atoms with Gasteiger partial charge in [0.1, 0.15) is 0 Å². The molecular formula is C15H20N4O3S. The van der Waals surface area contributed by atoms with Crippen LogP contribution in [0.1, 0.15) is 18.1 Å². The molecule has 0 aliphatic rings. The van der Waals surface area contributed by atoms with Gasteiger partial charge in [-0.3, -0.25) is 9.48 Å². The third kappa shape index (κ3) is 4.40. The van der Waals surface area contributed by atoms with E-state index in [2.05, 4.69) is 10.4 Å². The summed E-state index contributed by atoms with van der Waals surface area (Å²) in [4.78, 5) is 11.1. The molecule has 0 atom stereocenters. The van der Waals surface area contributed by atoms with Crippen molar-refractivity contribution in [3.8, 4) is 0 Å². The maximum atomic E-state index is 12.5. The van der Waals surface area contributed by atoms with Gasteiger partial charge in [-0.2, -0.15) is 9.40 Å². The van der Waals surface area contributed by atoms with Crippen LogP contribution < -0.4 is 5.32 Å². The number of carbonyl (C=O) groups is 1. The minimum Gasteiger partial charge on any atom is -0.352 e. The van der Waals surface area contributed by atoms with E-state index >= 15 is 0 Å². The number of carbonyl (C=O) groups excluding carboxylic acids is 1. The molecule has 0 aliphatic heterocycles. The fourth-order valence-electron chi connectivity index (χ4n) is 2.08. The number of rotatable bonds is 6. The Labute approximate surface area is 136 Å². The lowest BCUT2D eigenvalue weighted by Gasteiger charge is -2.16. The van der Waals surface area contributed by atoms with Crippen molar-refractivity contribution in [3.05, 3.63) is 47.8 Å². The van der Waals surface area contributed by atoms with E-state index in [0.717, 1.165) is 11.1 Å². The van der Waals surface area contributed by atoms with E-state index in [1.807, 2.05) is 0 Å². The first-order valence-electron chi connectivity index (χ1n) is 7.06. The van der Waals surface area contributed by atoms with Crippen LogP contribution in [0.15, 0.2) is 41.6 Å². The molecule has 1 aromatic carbocycles. The van der Waals surface area contributed by atoms with Crippen molar-refractivity contribution in [2.75, 3.05) is 7.05 Å². The highest BCUT2D eigenvalue weighted by molar-refractivity contribution is 7.89. The molecule has 1 N–H and O–H groups in total. The Kier molecular flexibility index (Phi) is 5.17. The van der Waals surface area contributed by atoms with Gasteiger partial charge in [-0.25, -0.2) is 8.42 Å². The van der Waals surface area contributed by atoms with Crippen molar-refractivity contribution in [2.24, 2.45) is 7.05 Å². The summed E-state index contributed by atoms with van der Waals surface area (Å²) in [5, 5.41) is 6.70. The van der Waals surface area contributed by atoms with E-state index < -0.39 is 10.0 Å². The van der Waals surface area contributed by atoms with Crippen molar-refractivity contribution in [2.45, 2.75) is 24.9 Å². The van der Waals surface area contributed by atoms with Crippen LogP contribution in [0.5, 0.6) is 0 Å². The Morgan fingerprint density at radius 3 is 2.43 bits per heavy atom. The molecule has 23 heavy (non-hydrogen) atoms. The van der Waals surface area contributed by atoms with Crippen LogP contribution in [-0.2, 0) is 35.0 Å². The highest BCUT2D eigenvalue weighted by atomic mass is 32.2. The second-order valence-corrected chi connectivity index (χ2v) is 7.38. The van der Waals surface area contributed by atoms with Gasteiger partial charge in [-0.15, -0.1) is 0 Å². The zero-order valence-corrected chi connectivity index (χ0v) is 14.2. The Morgan fingerprint density at radius 1 is 1.26 bits per heavy atom. The summed E-state index contributed by atoms with van der Waals surface area (Å²) >= 11 is 0. The summed E-state index contributed by atoms with van der Waals surface area (Å²) in [5.74, 6) is -0.127. The monoisotopic (exact) mass is 336 g/mol. The Bertz CT molecular complexity index is 781. The minimum atomic E-state index is -3.57. The first kappa shape index (κ1) is 17.2. The van der Waals surface area contributed by atoms with Gasteiger partial charge < -0.3 is 5.32 Å². The number of nitrogens with one attached hydrogen (secondary N) is 1. The van der Waals surface area contributed by atoms with Gasteiger partial charge >= 0.3 is 0 Å². The largest absolute Gasteiger partial charge is 0.352 e. The summed E-state index contributed by atoms with van der Waals surface area (Å²) in [6.45, 7) is 2.07. The number of sulfonamides is 1. The Morgan fingerprint density at radius 2 is 1.91 bits per heavy atom. The van der Waals surface area contributed by atoms with Crippen molar-refractivity contribution in [1.29, 1.82) is 0 Å². The average molecular weight is 336 g/mol. The van der Waals surface area contributed by atoms with Gasteiger partial charge in [0.25, 0.3) is 0 Å². The molecule has 124 valence electrons. The standard InChI is InChI=1S/C15H20N4O3S/c1-12(20)16-8-13-4-6-15(7-5-13)23(21,22)19(3)11-14-9-17-18(2)10-14/h4-7,9-10H,8,11H2,1-3H3,(H,16,20). The molecule has 0 bridgehead atoms. The number of amides is 1. The fourth-order valence-corrected chi connectivity index (χ4v) is 3.24. The summed E-state index contributed by atoms with van der Waals surface area (Å²) in [5.41, 5.74) is 1.66. The Hall–Kier alpha value is -2.19. The molecule has 1 aromatic heterocycles. The van der Waals surface area contributed by atoms with Gasteiger partial charge in [0, 0.05) is 45.9 Å². The van der Waals surface area contributed by atoms with Crippen LogP contribution in [0.2, 0.25) is 0 Å². The number of nitrogens with zero attached hydrogens (tertiary/aromatic N) is 3. The SMILES string of the molecule is CC(=O)NCc1ccc(S(=O)(=O)N(C)Cc2cnn(C)c2)cc1. The molecule has 0 fully saturated rings. The van der Waals surface area contributed by atoms with Gasteiger partial charge in [0.15, 0.2) is 0 Å². The summed E-state index contributed by atoms with van der Waals surface area (Å²) in [6, 6.07) is 6.49. The highest BCUT2D eigenvalue weighted by Gasteiger charge is 2.21. The summed E-state index contributed by atoms with van der Waals surface area (Å²) in [7, 11) is -0.248. The van der Waals surface area contributed by atoms with Crippen LogP contribution in [0.3, 0.4) is 0 Å². The van der Waals surface area contributed by atoms with Crippen LogP contribution in [0.25, 0.3) is 0 Å². The smallest absolute Gasteiger partial charge is 0.243 e. The van der Waals surface area contributed by atoms with Gasteiger partial charge in [-0.05, 0) is 17.7 Å². The summed E-state index contributed by atoms with van der Waals surface area (Å²) < 4.78 is 28.0. The molecule has 1 amide bonds. The normalized spacial score (nSPS) is 11.7. The van der Waals surface area contributed by atoms with Crippen LogP contribution in [0.4, 0.5) is 0 Å². The van der Waals surface area contributed by atoms with Crippen molar-refractivity contribution in [1.82, 2.24) is 19.4 Å². The molecule has 0 spiro atoms. The highest BCUT2D eigenvalue weighted by Crippen LogP contribution is 2.17. The van der Waals surface area contributed by atoms with Crippen molar-refractivity contribution in [3.63, 3.8) is 0 Å². The number of benzene rings is 1. The first-order chi connectivity index (χ1) is 10.8. The van der Waals surface area contributed by atoms with Crippen LogP contribution in [-0.4, -0.2) is 35.5 Å². The number of aryl methyl sites for hydroxylation is 1. The molecule has 0 radical (unpaired) electrons. The maximum Gasteiger partial charge on any atom is 0.243 e. The van der Waals surface area contributed by atoms with Crippen LogP contribution in [0, 0.1) is 0 Å². The van der Waals surface area contributed by atoms with Crippen molar-refractivity contribution < 1.29 is 13.2 Å². The molecule has 7 nitrogen and oxygen atoms in total. The molecule has 0 aliphatic carbocycles.